The van der Waals surface area contributed by atoms with Crippen LogP contribution in [0.25, 0.3) is 11.1 Å². The number of likely N-dealkylation sites (tertiary alicyclic amines) is 1. The highest BCUT2D eigenvalue weighted by molar-refractivity contribution is 5.83. The number of hydrogen-bond acceptors (Lipinski definition) is 5. The predicted molar refractivity (Wildman–Crippen MR) is 125 cm³/mol. The number of alkyl carbamates (subject to hydrolysis) is 1. The van der Waals surface area contributed by atoms with Gasteiger partial charge < -0.3 is 24.8 Å². The van der Waals surface area contributed by atoms with Gasteiger partial charge in [-0.25, -0.2) is 4.79 Å². The van der Waals surface area contributed by atoms with Crippen molar-refractivity contribution in [3.8, 4) is 11.1 Å². The second-order valence-electron chi connectivity index (χ2n) is 8.87. The number of ether oxygens (including phenoxy) is 2. The van der Waals surface area contributed by atoms with E-state index in [1.807, 2.05) is 31.2 Å². The van der Waals surface area contributed by atoms with Crippen LogP contribution in [0.2, 0.25) is 0 Å². The maximum Gasteiger partial charge on any atom is 0.407 e. The summed E-state index contributed by atoms with van der Waals surface area (Å²) in [5.41, 5.74) is 4.55. The van der Waals surface area contributed by atoms with Crippen LogP contribution in [-0.2, 0) is 19.1 Å². The van der Waals surface area contributed by atoms with Crippen LogP contribution in [0.15, 0.2) is 48.5 Å². The molecule has 8 heteroatoms. The van der Waals surface area contributed by atoms with E-state index in [1.165, 1.54) is 7.11 Å². The molecule has 2 aromatic carbocycles. The average Bonchev–Trinajstić information content (AvgIpc) is 3.16. The van der Waals surface area contributed by atoms with Crippen LogP contribution in [0.5, 0.6) is 0 Å². The van der Waals surface area contributed by atoms with Gasteiger partial charge in [-0.1, -0.05) is 48.5 Å². The summed E-state index contributed by atoms with van der Waals surface area (Å²) in [4.78, 5) is 38.3. The third-order valence-electron chi connectivity index (χ3n) is 6.84. The summed E-state index contributed by atoms with van der Waals surface area (Å²) >= 11 is 0. The molecule has 4 rings (SSSR count). The summed E-state index contributed by atoms with van der Waals surface area (Å²) in [6, 6.07) is 16.0. The standard InChI is InChI=1S/C26H30N2O6/c1-16-13-17(25(30)31)11-12-28(16)24(29)23(33-2)14-27-26(32)34-15-22-20-9-5-3-7-18(20)19-8-4-6-10-21(19)22/h3-10,16-17,22-23H,11-15H2,1-2H3,(H,27,32)(H,30,31). The first kappa shape index (κ1) is 23.8. The summed E-state index contributed by atoms with van der Waals surface area (Å²) in [5.74, 6) is -1.59. The highest BCUT2D eigenvalue weighted by Crippen LogP contribution is 2.44. The van der Waals surface area contributed by atoms with Crippen molar-refractivity contribution in [3.05, 3.63) is 59.7 Å². The fourth-order valence-electron chi connectivity index (χ4n) is 5.01. The SMILES string of the molecule is COC(CNC(=O)OCC1c2ccccc2-c2ccccc21)C(=O)N1CCC(C(=O)O)CC1C. The van der Waals surface area contributed by atoms with E-state index in [4.69, 9.17) is 9.47 Å². The number of piperidine rings is 1. The number of methoxy groups -OCH3 is 1. The molecule has 0 radical (unpaired) electrons. The van der Waals surface area contributed by atoms with Gasteiger partial charge in [0.05, 0.1) is 12.5 Å². The Morgan fingerprint density at radius 3 is 2.26 bits per heavy atom. The van der Waals surface area contributed by atoms with Crippen LogP contribution in [0.1, 0.15) is 36.8 Å². The molecule has 0 saturated carbocycles. The lowest BCUT2D eigenvalue weighted by atomic mass is 9.91. The summed E-state index contributed by atoms with van der Waals surface area (Å²) in [7, 11) is 1.41. The molecule has 34 heavy (non-hydrogen) atoms. The van der Waals surface area contributed by atoms with Crippen molar-refractivity contribution in [1.82, 2.24) is 10.2 Å². The number of carboxylic acid groups (broad SMARTS) is 1. The Balaban J connectivity index is 1.31. The molecule has 8 nitrogen and oxygen atoms in total. The van der Waals surface area contributed by atoms with Gasteiger partial charge in [0.25, 0.3) is 5.91 Å². The number of nitrogens with one attached hydrogen (secondary N) is 1. The van der Waals surface area contributed by atoms with Gasteiger partial charge in [-0.15, -0.1) is 0 Å². The zero-order chi connectivity index (χ0) is 24.2. The monoisotopic (exact) mass is 466 g/mol. The first-order chi connectivity index (χ1) is 16.4. The third kappa shape index (κ3) is 4.77. The normalized spacial score (nSPS) is 20.2. The average molecular weight is 467 g/mol. The van der Waals surface area contributed by atoms with Gasteiger partial charge in [0.1, 0.15) is 6.61 Å². The summed E-state index contributed by atoms with van der Waals surface area (Å²) in [6.45, 7) is 2.34. The lowest BCUT2D eigenvalue weighted by Crippen LogP contribution is -2.52. The van der Waals surface area contributed by atoms with E-state index in [0.29, 0.717) is 19.4 Å². The molecule has 1 aliphatic heterocycles. The van der Waals surface area contributed by atoms with E-state index in [-0.39, 0.29) is 31.0 Å². The molecule has 2 N–H and O–H groups in total. The zero-order valence-electron chi connectivity index (χ0n) is 19.4. The minimum Gasteiger partial charge on any atom is -0.481 e. The van der Waals surface area contributed by atoms with E-state index < -0.39 is 24.1 Å². The fourth-order valence-corrected chi connectivity index (χ4v) is 5.01. The second-order valence-corrected chi connectivity index (χ2v) is 8.87. The van der Waals surface area contributed by atoms with Crippen LogP contribution in [0, 0.1) is 5.92 Å². The first-order valence-electron chi connectivity index (χ1n) is 11.6. The molecule has 1 saturated heterocycles. The number of carbonyl (C=O) groups excluding carboxylic acids is 2. The minimum absolute atomic E-state index is 0.0302. The van der Waals surface area contributed by atoms with E-state index in [0.717, 1.165) is 22.3 Å². The van der Waals surface area contributed by atoms with E-state index in [2.05, 4.69) is 29.6 Å². The van der Waals surface area contributed by atoms with Crippen molar-refractivity contribution in [2.45, 2.75) is 37.8 Å². The molecular formula is C26H30N2O6. The molecule has 1 heterocycles. The van der Waals surface area contributed by atoms with Crippen molar-refractivity contribution in [3.63, 3.8) is 0 Å². The number of carboxylic acids is 1. The zero-order valence-corrected chi connectivity index (χ0v) is 19.4. The highest BCUT2D eigenvalue weighted by Gasteiger charge is 2.35. The molecule has 2 aliphatic rings. The molecule has 2 aromatic rings. The van der Waals surface area contributed by atoms with Gasteiger partial charge in [0.2, 0.25) is 0 Å². The van der Waals surface area contributed by atoms with Crippen molar-refractivity contribution in [2.75, 3.05) is 26.8 Å². The number of hydrogen-bond donors (Lipinski definition) is 2. The second kappa shape index (κ2) is 10.3. The van der Waals surface area contributed by atoms with Crippen LogP contribution < -0.4 is 5.32 Å². The van der Waals surface area contributed by atoms with Crippen molar-refractivity contribution < 1.29 is 29.0 Å². The Bertz CT molecular complexity index is 1030. The topological polar surface area (TPSA) is 105 Å². The van der Waals surface area contributed by atoms with Crippen molar-refractivity contribution in [2.24, 2.45) is 5.92 Å². The highest BCUT2D eigenvalue weighted by atomic mass is 16.5. The van der Waals surface area contributed by atoms with E-state index >= 15 is 0 Å². The van der Waals surface area contributed by atoms with Crippen LogP contribution >= 0.6 is 0 Å². The number of fused-ring (bicyclic) bond motifs is 3. The number of carbonyl (C=O) groups is 3. The number of amides is 2. The smallest absolute Gasteiger partial charge is 0.407 e. The Morgan fingerprint density at radius 1 is 1.09 bits per heavy atom. The minimum atomic E-state index is -0.871. The first-order valence-corrected chi connectivity index (χ1v) is 11.6. The van der Waals surface area contributed by atoms with Gasteiger partial charge in [0.15, 0.2) is 6.10 Å². The molecule has 1 aliphatic carbocycles. The number of rotatable bonds is 7. The summed E-state index contributed by atoms with van der Waals surface area (Å²) in [6.07, 6.45) is -0.683. The van der Waals surface area contributed by atoms with Gasteiger partial charge in [-0.05, 0) is 42.0 Å². The van der Waals surface area contributed by atoms with Gasteiger partial charge in [-0.2, -0.15) is 0 Å². The van der Waals surface area contributed by atoms with Crippen LogP contribution in [0.3, 0.4) is 0 Å². The lowest BCUT2D eigenvalue weighted by Gasteiger charge is -2.37. The maximum atomic E-state index is 12.9. The number of benzene rings is 2. The van der Waals surface area contributed by atoms with Crippen LogP contribution in [0.4, 0.5) is 4.79 Å². The third-order valence-corrected chi connectivity index (χ3v) is 6.84. The van der Waals surface area contributed by atoms with Gasteiger partial charge >= 0.3 is 12.1 Å². The Labute approximate surface area is 198 Å². The van der Waals surface area contributed by atoms with Gasteiger partial charge in [0, 0.05) is 25.6 Å². The largest absolute Gasteiger partial charge is 0.481 e. The van der Waals surface area contributed by atoms with E-state index in [9.17, 15) is 19.5 Å². The Kier molecular flexibility index (Phi) is 7.17. The lowest BCUT2D eigenvalue weighted by molar-refractivity contribution is -0.151. The predicted octanol–water partition coefficient (Wildman–Crippen LogP) is 3.25. The molecule has 0 aromatic heterocycles. The van der Waals surface area contributed by atoms with Crippen molar-refractivity contribution >= 4 is 18.0 Å². The summed E-state index contributed by atoms with van der Waals surface area (Å²) < 4.78 is 10.9. The molecule has 0 bridgehead atoms. The summed E-state index contributed by atoms with van der Waals surface area (Å²) in [5, 5.41) is 11.9. The fraction of sp³-hybridized carbons (Fsp3) is 0.423. The number of nitrogens with zero attached hydrogens (tertiary/aromatic N) is 1. The van der Waals surface area contributed by atoms with Crippen molar-refractivity contribution in [1.29, 1.82) is 0 Å². The molecule has 3 unspecified atom stereocenters. The maximum absolute atomic E-state index is 12.9. The molecule has 3 atom stereocenters. The Hall–Kier alpha value is -3.39. The molecule has 1 fully saturated rings. The van der Waals surface area contributed by atoms with E-state index in [1.54, 1.807) is 4.90 Å². The number of aliphatic carboxylic acids is 1. The van der Waals surface area contributed by atoms with Gasteiger partial charge in [-0.3, -0.25) is 9.59 Å². The molecule has 2 amide bonds. The quantitative estimate of drug-likeness (QED) is 0.649. The molecule has 180 valence electrons. The molecular weight excluding hydrogens is 436 g/mol. The Morgan fingerprint density at radius 2 is 1.71 bits per heavy atom. The van der Waals surface area contributed by atoms with Crippen LogP contribution in [-0.4, -0.2) is 66.9 Å². The molecule has 0 spiro atoms.